The molecule has 8 nitrogen and oxygen atoms in total. The molecule has 146 valence electrons. The molecule has 3 aromatic heterocycles. The zero-order valence-corrected chi connectivity index (χ0v) is 15.3. The molecule has 1 fully saturated rings. The standard InChI is InChI=1S/C18H19F2N7O/c1-12-23-15-10-21-3-2-14(15)18(24-12)26-6-4-25(5-7-26)13-8-17(28)27(22-9-13)11-16(19)20/h2-3,8-10,16H,4-7,11H2,1H3. The average Bonchev–Trinajstić information content (AvgIpc) is 2.69. The smallest absolute Gasteiger partial charge is 0.269 e. The monoisotopic (exact) mass is 387 g/mol. The van der Waals surface area contributed by atoms with E-state index in [-0.39, 0.29) is 0 Å². The van der Waals surface area contributed by atoms with Crippen molar-refractivity contribution in [1.29, 1.82) is 0 Å². The minimum atomic E-state index is -2.61. The Morgan fingerprint density at radius 2 is 1.86 bits per heavy atom. The summed E-state index contributed by atoms with van der Waals surface area (Å²) in [5.41, 5.74) is 0.924. The molecule has 0 aliphatic carbocycles. The van der Waals surface area contributed by atoms with Crippen molar-refractivity contribution in [1.82, 2.24) is 24.7 Å². The maximum absolute atomic E-state index is 12.5. The fraction of sp³-hybridized carbons (Fsp3) is 0.389. The molecule has 10 heteroatoms. The van der Waals surface area contributed by atoms with Gasteiger partial charge in [-0.25, -0.2) is 23.4 Å². The van der Waals surface area contributed by atoms with Gasteiger partial charge in [-0.1, -0.05) is 0 Å². The van der Waals surface area contributed by atoms with Crippen LogP contribution in [0.4, 0.5) is 20.3 Å². The van der Waals surface area contributed by atoms with E-state index in [2.05, 4.69) is 25.0 Å². The summed E-state index contributed by atoms with van der Waals surface area (Å²) in [5, 5.41) is 4.81. The number of anilines is 2. The van der Waals surface area contributed by atoms with E-state index < -0.39 is 18.5 Å². The fourth-order valence-electron chi connectivity index (χ4n) is 3.36. The average molecular weight is 387 g/mol. The van der Waals surface area contributed by atoms with Gasteiger partial charge in [0.2, 0.25) is 0 Å². The predicted molar refractivity (Wildman–Crippen MR) is 101 cm³/mol. The summed E-state index contributed by atoms with van der Waals surface area (Å²) in [6, 6.07) is 3.27. The highest BCUT2D eigenvalue weighted by atomic mass is 19.3. The van der Waals surface area contributed by atoms with Gasteiger partial charge in [-0.3, -0.25) is 9.78 Å². The predicted octanol–water partition coefficient (Wildman–Crippen LogP) is 1.48. The van der Waals surface area contributed by atoms with Crippen LogP contribution in [0.25, 0.3) is 10.9 Å². The molecule has 0 saturated carbocycles. The molecule has 28 heavy (non-hydrogen) atoms. The second-order valence-corrected chi connectivity index (χ2v) is 6.59. The largest absolute Gasteiger partial charge is 0.367 e. The zero-order chi connectivity index (χ0) is 19.7. The SMILES string of the molecule is Cc1nc(N2CCN(c3cnn(CC(F)F)c(=O)c3)CC2)c2ccncc2n1. The summed E-state index contributed by atoms with van der Waals surface area (Å²) in [6.07, 6.45) is 2.31. The van der Waals surface area contributed by atoms with Crippen LogP contribution in [-0.4, -0.2) is 57.3 Å². The van der Waals surface area contributed by atoms with Crippen LogP contribution >= 0.6 is 0 Å². The lowest BCUT2D eigenvalue weighted by atomic mass is 10.2. The molecular weight excluding hydrogens is 368 g/mol. The Hall–Kier alpha value is -3.17. The Kier molecular flexibility index (Phi) is 4.84. The summed E-state index contributed by atoms with van der Waals surface area (Å²) in [6.45, 7) is 3.89. The third-order valence-corrected chi connectivity index (χ3v) is 4.70. The number of hydrogen-bond acceptors (Lipinski definition) is 7. The van der Waals surface area contributed by atoms with Crippen molar-refractivity contribution in [3.8, 4) is 0 Å². The first-order valence-electron chi connectivity index (χ1n) is 8.95. The molecule has 1 saturated heterocycles. The van der Waals surface area contributed by atoms with Gasteiger partial charge in [0.25, 0.3) is 12.0 Å². The molecule has 0 aromatic carbocycles. The van der Waals surface area contributed by atoms with Crippen molar-refractivity contribution >= 4 is 22.4 Å². The summed E-state index contributed by atoms with van der Waals surface area (Å²) in [4.78, 5) is 29.4. The van der Waals surface area contributed by atoms with Gasteiger partial charge in [-0.05, 0) is 13.0 Å². The van der Waals surface area contributed by atoms with Crippen LogP contribution in [0.5, 0.6) is 0 Å². The molecule has 0 amide bonds. The van der Waals surface area contributed by atoms with E-state index in [1.54, 1.807) is 12.4 Å². The summed E-state index contributed by atoms with van der Waals surface area (Å²) in [7, 11) is 0. The van der Waals surface area contributed by atoms with E-state index in [1.165, 1.54) is 12.3 Å². The normalized spacial score (nSPS) is 14.9. The van der Waals surface area contributed by atoms with Crippen molar-refractivity contribution in [3.63, 3.8) is 0 Å². The van der Waals surface area contributed by atoms with Gasteiger partial charge in [0.05, 0.1) is 23.6 Å². The number of aryl methyl sites for hydroxylation is 1. The molecule has 0 atom stereocenters. The maximum atomic E-state index is 12.5. The van der Waals surface area contributed by atoms with Crippen LogP contribution < -0.4 is 15.4 Å². The number of fused-ring (bicyclic) bond motifs is 1. The minimum Gasteiger partial charge on any atom is -0.367 e. The molecule has 1 aliphatic heterocycles. The Morgan fingerprint density at radius 3 is 2.57 bits per heavy atom. The van der Waals surface area contributed by atoms with Crippen LogP contribution in [0, 0.1) is 6.92 Å². The molecule has 0 unspecified atom stereocenters. The number of hydrogen-bond donors (Lipinski definition) is 0. The molecular formula is C18H19F2N7O. The van der Waals surface area contributed by atoms with E-state index in [4.69, 9.17) is 0 Å². The zero-order valence-electron chi connectivity index (χ0n) is 15.3. The third-order valence-electron chi connectivity index (χ3n) is 4.70. The van der Waals surface area contributed by atoms with E-state index in [0.29, 0.717) is 37.7 Å². The highest BCUT2D eigenvalue weighted by Crippen LogP contribution is 2.25. The first kappa shape index (κ1) is 18.2. The van der Waals surface area contributed by atoms with Crippen molar-refractivity contribution in [2.24, 2.45) is 0 Å². The molecule has 0 radical (unpaired) electrons. The highest BCUT2D eigenvalue weighted by molar-refractivity contribution is 5.88. The van der Waals surface area contributed by atoms with Crippen molar-refractivity contribution in [2.75, 3.05) is 36.0 Å². The van der Waals surface area contributed by atoms with Gasteiger partial charge >= 0.3 is 0 Å². The van der Waals surface area contributed by atoms with Gasteiger partial charge in [0.1, 0.15) is 18.2 Å². The number of pyridine rings is 1. The van der Waals surface area contributed by atoms with Gasteiger partial charge in [-0.15, -0.1) is 0 Å². The lowest BCUT2D eigenvalue weighted by Crippen LogP contribution is -2.47. The van der Waals surface area contributed by atoms with Gasteiger partial charge in [0, 0.05) is 43.8 Å². The van der Waals surface area contributed by atoms with Crippen LogP contribution in [-0.2, 0) is 6.54 Å². The Bertz CT molecular complexity index is 1050. The first-order valence-corrected chi connectivity index (χ1v) is 8.95. The van der Waals surface area contributed by atoms with Gasteiger partial charge in [0.15, 0.2) is 0 Å². The van der Waals surface area contributed by atoms with Gasteiger partial charge < -0.3 is 9.80 Å². The first-order chi connectivity index (χ1) is 13.5. The summed E-state index contributed by atoms with van der Waals surface area (Å²) < 4.78 is 25.7. The topological polar surface area (TPSA) is 80.0 Å². The van der Waals surface area contributed by atoms with Crippen molar-refractivity contribution < 1.29 is 8.78 Å². The lowest BCUT2D eigenvalue weighted by molar-refractivity contribution is 0.119. The molecule has 0 spiro atoms. The third kappa shape index (κ3) is 3.62. The molecule has 0 bridgehead atoms. The van der Waals surface area contributed by atoms with Gasteiger partial charge in [-0.2, -0.15) is 5.10 Å². The van der Waals surface area contributed by atoms with Crippen LogP contribution in [0.1, 0.15) is 5.82 Å². The summed E-state index contributed by atoms with van der Waals surface area (Å²) in [5.74, 6) is 1.56. The molecule has 4 heterocycles. The second-order valence-electron chi connectivity index (χ2n) is 6.59. The van der Waals surface area contributed by atoms with Crippen molar-refractivity contribution in [3.05, 3.63) is 46.9 Å². The molecule has 4 rings (SSSR count). The van der Waals surface area contributed by atoms with Crippen molar-refractivity contribution in [2.45, 2.75) is 19.9 Å². The van der Waals surface area contributed by atoms with E-state index >= 15 is 0 Å². The number of halogens is 2. The fourth-order valence-corrected chi connectivity index (χ4v) is 3.36. The summed E-state index contributed by atoms with van der Waals surface area (Å²) >= 11 is 0. The highest BCUT2D eigenvalue weighted by Gasteiger charge is 2.21. The Balaban J connectivity index is 1.51. The minimum absolute atomic E-state index is 0.523. The molecule has 1 aliphatic rings. The van der Waals surface area contributed by atoms with Crippen LogP contribution in [0.15, 0.2) is 35.5 Å². The number of rotatable bonds is 4. The van der Waals surface area contributed by atoms with E-state index in [1.807, 2.05) is 17.9 Å². The van der Waals surface area contributed by atoms with E-state index in [0.717, 1.165) is 21.4 Å². The second kappa shape index (κ2) is 7.45. The maximum Gasteiger partial charge on any atom is 0.269 e. The Labute approximate surface area is 159 Å². The van der Waals surface area contributed by atoms with E-state index in [9.17, 15) is 13.6 Å². The number of aromatic nitrogens is 5. The van der Waals surface area contributed by atoms with Crippen LogP contribution in [0.3, 0.4) is 0 Å². The number of piperazine rings is 1. The lowest BCUT2D eigenvalue weighted by Gasteiger charge is -2.36. The molecule has 0 N–H and O–H groups in total. The Morgan fingerprint density at radius 1 is 1.11 bits per heavy atom. The molecule has 3 aromatic rings. The number of alkyl halides is 2. The quantitative estimate of drug-likeness (QED) is 0.671. The van der Waals surface area contributed by atoms with Crippen LogP contribution in [0.2, 0.25) is 0 Å². The number of nitrogens with zero attached hydrogens (tertiary/aromatic N) is 7.